The van der Waals surface area contributed by atoms with Gasteiger partial charge in [-0.2, -0.15) is 0 Å². The molecular formula is C15H25FN2O. The molecule has 0 spiro atoms. The summed E-state index contributed by atoms with van der Waals surface area (Å²) in [6, 6.07) is 5.00. The maximum absolute atomic E-state index is 14.0. The van der Waals surface area contributed by atoms with Crippen molar-refractivity contribution in [3.8, 4) is 5.75 Å². The Morgan fingerprint density at radius 2 is 2.05 bits per heavy atom. The van der Waals surface area contributed by atoms with E-state index in [4.69, 9.17) is 10.5 Å². The summed E-state index contributed by atoms with van der Waals surface area (Å²) in [5, 5.41) is 0. The van der Waals surface area contributed by atoms with Gasteiger partial charge in [-0.05, 0) is 26.0 Å². The average Bonchev–Trinajstić information content (AvgIpc) is 2.45. The van der Waals surface area contributed by atoms with Crippen LogP contribution in [0.25, 0.3) is 0 Å². The molecular weight excluding hydrogens is 243 g/mol. The predicted octanol–water partition coefficient (Wildman–Crippen LogP) is 2.78. The van der Waals surface area contributed by atoms with Gasteiger partial charge in [0, 0.05) is 30.3 Å². The summed E-state index contributed by atoms with van der Waals surface area (Å²) in [4.78, 5) is 2.22. The van der Waals surface area contributed by atoms with Crippen LogP contribution in [0.15, 0.2) is 18.2 Å². The molecule has 0 aromatic heterocycles. The van der Waals surface area contributed by atoms with Crippen molar-refractivity contribution in [3.05, 3.63) is 29.6 Å². The molecule has 0 saturated heterocycles. The number of ether oxygens (including phenoxy) is 1. The van der Waals surface area contributed by atoms with Crippen molar-refractivity contribution in [2.75, 3.05) is 20.2 Å². The fourth-order valence-corrected chi connectivity index (χ4v) is 2.17. The van der Waals surface area contributed by atoms with E-state index in [1.54, 1.807) is 12.1 Å². The monoisotopic (exact) mass is 268 g/mol. The van der Waals surface area contributed by atoms with Crippen LogP contribution in [0.5, 0.6) is 5.75 Å². The molecule has 0 heterocycles. The van der Waals surface area contributed by atoms with Crippen LogP contribution in [-0.4, -0.2) is 30.6 Å². The molecule has 0 fully saturated rings. The molecule has 4 heteroatoms. The molecule has 0 aliphatic rings. The summed E-state index contributed by atoms with van der Waals surface area (Å²) in [6.45, 7) is 8.28. The highest BCUT2D eigenvalue weighted by Gasteiger charge is 2.28. The van der Waals surface area contributed by atoms with Gasteiger partial charge in [-0.25, -0.2) is 4.39 Å². The highest BCUT2D eigenvalue weighted by atomic mass is 19.1. The first kappa shape index (κ1) is 15.9. The molecule has 2 N–H and O–H groups in total. The summed E-state index contributed by atoms with van der Waals surface area (Å²) in [5.74, 6) is 0.314. The second-order valence-electron chi connectivity index (χ2n) is 5.03. The van der Waals surface area contributed by atoms with E-state index in [1.165, 1.54) is 13.2 Å². The highest BCUT2D eigenvalue weighted by Crippen LogP contribution is 2.23. The maximum atomic E-state index is 14.0. The van der Waals surface area contributed by atoms with Crippen molar-refractivity contribution in [1.82, 2.24) is 4.90 Å². The third-order valence-electron chi connectivity index (χ3n) is 3.97. The third kappa shape index (κ3) is 3.67. The lowest BCUT2D eigenvalue weighted by Crippen LogP contribution is -2.50. The van der Waals surface area contributed by atoms with Crippen LogP contribution in [-0.2, 0) is 6.54 Å². The maximum Gasteiger partial charge on any atom is 0.131 e. The van der Waals surface area contributed by atoms with Crippen molar-refractivity contribution in [1.29, 1.82) is 0 Å². The van der Waals surface area contributed by atoms with Crippen LogP contribution in [0.2, 0.25) is 0 Å². The van der Waals surface area contributed by atoms with E-state index >= 15 is 0 Å². The zero-order valence-corrected chi connectivity index (χ0v) is 12.4. The zero-order chi connectivity index (χ0) is 14.5. The van der Waals surface area contributed by atoms with Gasteiger partial charge in [-0.3, -0.25) is 4.90 Å². The van der Waals surface area contributed by atoms with Gasteiger partial charge in [0.15, 0.2) is 0 Å². The Morgan fingerprint density at radius 3 is 2.47 bits per heavy atom. The van der Waals surface area contributed by atoms with Crippen LogP contribution in [0.4, 0.5) is 4.39 Å². The van der Waals surface area contributed by atoms with Crippen molar-refractivity contribution in [3.63, 3.8) is 0 Å². The first-order valence-corrected chi connectivity index (χ1v) is 6.78. The van der Waals surface area contributed by atoms with Gasteiger partial charge in [0.2, 0.25) is 0 Å². The minimum Gasteiger partial charge on any atom is -0.497 e. The molecule has 0 saturated carbocycles. The van der Waals surface area contributed by atoms with E-state index < -0.39 is 0 Å². The van der Waals surface area contributed by atoms with Gasteiger partial charge < -0.3 is 10.5 Å². The molecule has 108 valence electrons. The number of benzene rings is 1. The van der Waals surface area contributed by atoms with Crippen molar-refractivity contribution in [2.24, 2.45) is 5.73 Å². The lowest BCUT2D eigenvalue weighted by molar-refractivity contribution is 0.103. The molecule has 0 aliphatic heterocycles. The summed E-state index contributed by atoms with van der Waals surface area (Å²) >= 11 is 0. The van der Waals surface area contributed by atoms with Gasteiger partial charge in [0.1, 0.15) is 11.6 Å². The first-order valence-electron chi connectivity index (χ1n) is 6.78. The predicted molar refractivity (Wildman–Crippen MR) is 76.8 cm³/mol. The Labute approximate surface area is 115 Å². The molecule has 1 rings (SSSR count). The molecule has 1 aromatic carbocycles. The van der Waals surface area contributed by atoms with Crippen LogP contribution < -0.4 is 10.5 Å². The largest absolute Gasteiger partial charge is 0.497 e. The van der Waals surface area contributed by atoms with Gasteiger partial charge in [0.25, 0.3) is 0 Å². The number of nitrogens with two attached hydrogens (primary N) is 1. The van der Waals surface area contributed by atoms with E-state index in [2.05, 4.69) is 25.7 Å². The molecule has 1 unspecified atom stereocenters. The standard InChI is InChI=1S/C15H25FN2O/c1-5-15(3,11-17)18(6-2)10-12-7-8-13(19-4)9-14(12)16/h7-9H,5-6,10-11,17H2,1-4H3. The van der Waals surface area contributed by atoms with Crippen molar-refractivity contribution < 1.29 is 9.13 Å². The van der Waals surface area contributed by atoms with E-state index in [0.717, 1.165) is 13.0 Å². The first-order chi connectivity index (χ1) is 9.00. The van der Waals surface area contributed by atoms with E-state index in [1.807, 2.05) is 0 Å². The van der Waals surface area contributed by atoms with Crippen LogP contribution in [0, 0.1) is 5.82 Å². The number of halogens is 1. The quantitative estimate of drug-likeness (QED) is 0.826. The summed E-state index contributed by atoms with van der Waals surface area (Å²) in [7, 11) is 1.54. The molecule has 1 atom stereocenters. The Balaban J connectivity index is 2.93. The molecule has 0 aliphatic carbocycles. The fourth-order valence-electron chi connectivity index (χ4n) is 2.17. The number of rotatable bonds is 7. The van der Waals surface area contributed by atoms with Crippen molar-refractivity contribution in [2.45, 2.75) is 39.3 Å². The SMILES string of the molecule is CCN(Cc1ccc(OC)cc1F)C(C)(CC)CN. The molecule has 0 amide bonds. The lowest BCUT2D eigenvalue weighted by atomic mass is 9.95. The molecule has 19 heavy (non-hydrogen) atoms. The minimum absolute atomic E-state index is 0.0961. The van der Waals surface area contributed by atoms with Crippen LogP contribution >= 0.6 is 0 Å². The van der Waals surface area contributed by atoms with Crippen LogP contribution in [0.3, 0.4) is 0 Å². The van der Waals surface area contributed by atoms with Crippen molar-refractivity contribution >= 4 is 0 Å². The lowest BCUT2D eigenvalue weighted by Gasteiger charge is -2.39. The van der Waals surface area contributed by atoms with Gasteiger partial charge in [-0.15, -0.1) is 0 Å². The van der Waals surface area contributed by atoms with E-state index in [-0.39, 0.29) is 11.4 Å². The summed E-state index contributed by atoms with van der Waals surface area (Å²) in [6.07, 6.45) is 0.940. The van der Waals surface area contributed by atoms with E-state index in [9.17, 15) is 4.39 Å². The average molecular weight is 268 g/mol. The smallest absolute Gasteiger partial charge is 0.131 e. The minimum atomic E-state index is -0.228. The molecule has 1 aromatic rings. The number of nitrogens with zero attached hydrogens (tertiary/aromatic N) is 1. The molecule has 3 nitrogen and oxygen atoms in total. The number of hydrogen-bond donors (Lipinski definition) is 1. The zero-order valence-electron chi connectivity index (χ0n) is 12.4. The Hall–Kier alpha value is -1.13. The molecule has 0 radical (unpaired) electrons. The van der Waals surface area contributed by atoms with Gasteiger partial charge in [0.05, 0.1) is 7.11 Å². The van der Waals surface area contributed by atoms with Gasteiger partial charge >= 0.3 is 0 Å². The third-order valence-corrected chi connectivity index (χ3v) is 3.97. The summed E-state index contributed by atoms with van der Waals surface area (Å²) in [5.41, 5.74) is 6.46. The number of hydrogen-bond acceptors (Lipinski definition) is 3. The fraction of sp³-hybridized carbons (Fsp3) is 0.600. The Morgan fingerprint density at radius 1 is 1.37 bits per heavy atom. The molecule has 0 bridgehead atoms. The summed E-state index contributed by atoms with van der Waals surface area (Å²) < 4.78 is 19.0. The normalized spacial score (nSPS) is 14.5. The topological polar surface area (TPSA) is 38.5 Å². The van der Waals surface area contributed by atoms with Gasteiger partial charge in [-0.1, -0.05) is 19.9 Å². The number of likely N-dealkylation sites (N-methyl/N-ethyl adjacent to an activating group) is 1. The van der Waals surface area contributed by atoms with E-state index in [0.29, 0.717) is 24.4 Å². The second kappa shape index (κ2) is 6.87. The highest BCUT2D eigenvalue weighted by molar-refractivity contribution is 5.29. The second-order valence-corrected chi connectivity index (χ2v) is 5.03. The Bertz CT molecular complexity index is 405. The number of methoxy groups -OCH3 is 1. The Kier molecular flexibility index (Phi) is 5.76. The van der Waals surface area contributed by atoms with Crippen LogP contribution in [0.1, 0.15) is 32.8 Å².